The monoisotopic (exact) mass is 406 g/mol. The lowest BCUT2D eigenvalue weighted by Crippen LogP contribution is -2.40. The molecule has 2 aromatic rings. The van der Waals surface area contributed by atoms with E-state index in [0.717, 1.165) is 21.4 Å². The Hall–Kier alpha value is -2.32. The van der Waals surface area contributed by atoms with Crippen LogP contribution in [-0.2, 0) is 4.74 Å². The van der Waals surface area contributed by atoms with Crippen LogP contribution in [0.5, 0.6) is 0 Å². The van der Waals surface area contributed by atoms with E-state index in [2.05, 4.69) is 27.0 Å². The third-order valence-corrected chi connectivity index (χ3v) is 4.99. The van der Waals surface area contributed by atoms with Crippen LogP contribution >= 0.6 is 11.3 Å². The molecule has 1 unspecified atom stereocenters. The molecule has 4 N–H and O–H groups in total. The van der Waals surface area contributed by atoms with Gasteiger partial charge in [-0.3, -0.25) is 4.99 Å². The normalized spacial score (nSPS) is 13.2. The first-order chi connectivity index (χ1) is 13.3. The van der Waals surface area contributed by atoms with Crippen LogP contribution < -0.4 is 16.0 Å². The van der Waals surface area contributed by atoms with Gasteiger partial charge in [0.2, 0.25) is 0 Å². The van der Waals surface area contributed by atoms with Crippen molar-refractivity contribution in [2.45, 2.75) is 38.9 Å². The van der Waals surface area contributed by atoms with Gasteiger partial charge in [-0.1, -0.05) is 18.2 Å². The first kappa shape index (κ1) is 22.0. The van der Waals surface area contributed by atoms with Crippen molar-refractivity contribution in [3.63, 3.8) is 0 Å². The van der Waals surface area contributed by atoms with E-state index in [1.165, 1.54) is 0 Å². The van der Waals surface area contributed by atoms with Crippen molar-refractivity contribution < 1.29 is 14.6 Å². The topological polar surface area (TPSA) is 95.0 Å². The lowest BCUT2D eigenvalue weighted by molar-refractivity contribution is 0.0527. The number of aliphatic imine (C=N–C) groups is 1. The van der Waals surface area contributed by atoms with Gasteiger partial charge in [-0.25, -0.2) is 4.79 Å². The van der Waals surface area contributed by atoms with E-state index in [-0.39, 0.29) is 0 Å². The Bertz CT molecular complexity index is 765. The molecule has 0 spiro atoms. The summed E-state index contributed by atoms with van der Waals surface area (Å²) >= 11 is 1.59. The zero-order valence-electron chi connectivity index (χ0n) is 16.9. The number of aliphatic hydroxyl groups is 1. The summed E-state index contributed by atoms with van der Waals surface area (Å²) in [5, 5.41) is 20.6. The fraction of sp³-hybridized carbons (Fsp3) is 0.500. The van der Waals surface area contributed by atoms with Crippen LogP contribution in [0.1, 0.15) is 38.2 Å². The van der Waals surface area contributed by atoms with Crippen molar-refractivity contribution in [1.82, 2.24) is 16.0 Å². The zero-order chi connectivity index (χ0) is 20.6. The zero-order valence-corrected chi connectivity index (χ0v) is 17.7. The molecule has 1 atom stereocenters. The number of hydrogen-bond acceptors (Lipinski definition) is 5. The molecule has 7 nitrogen and oxygen atoms in total. The smallest absolute Gasteiger partial charge is 0.407 e. The van der Waals surface area contributed by atoms with E-state index in [1.807, 2.05) is 45.0 Å². The molecule has 1 amide bonds. The van der Waals surface area contributed by atoms with E-state index < -0.39 is 17.8 Å². The largest absolute Gasteiger partial charge is 0.444 e. The summed E-state index contributed by atoms with van der Waals surface area (Å²) < 4.78 is 6.35. The number of aliphatic hydroxyl groups excluding tert-OH is 1. The van der Waals surface area contributed by atoms with Crippen molar-refractivity contribution >= 4 is 33.5 Å². The minimum Gasteiger partial charge on any atom is -0.444 e. The highest BCUT2D eigenvalue weighted by molar-refractivity contribution is 7.19. The van der Waals surface area contributed by atoms with Gasteiger partial charge >= 0.3 is 6.09 Å². The van der Waals surface area contributed by atoms with Gasteiger partial charge in [0.25, 0.3) is 0 Å². The molecule has 28 heavy (non-hydrogen) atoms. The van der Waals surface area contributed by atoms with Crippen LogP contribution in [-0.4, -0.2) is 49.4 Å². The van der Waals surface area contributed by atoms with Crippen molar-refractivity contribution in [3.05, 3.63) is 35.2 Å². The Balaban J connectivity index is 1.67. The average molecular weight is 407 g/mol. The molecule has 154 valence electrons. The van der Waals surface area contributed by atoms with E-state index in [4.69, 9.17) is 4.74 Å². The standard InChI is InChI=1S/C20H30N4O3S/c1-20(2,3)27-19(26)23-11-7-10-22-18(21-4)24-13-15(25)17-12-14-8-5-6-9-16(14)28-17/h5-6,8-9,12,15,25H,7,10-11,13H2,1-4H3,(H,23,26)(H2,21,22,24). The lowest BCUT2D eigenvalue weighted by Gasteiger charge is -2.19. The molecule has 0 aliphatic rings. The van der Waals surface area contributed by atoms with Gasteiger partial charge in [-0.2, -0.15) is 0 Å². The summed E-state index contributed by atoms with van der Waals surface area (Å²) in [6.45, 7) is 6.99. The molecule has 0 fully saturated rings. The van der Waals surface area contributed by atoms with Gasteiger partial charge < -0.3 is 25.8 Å². The highest BCUT2D eigenvalue weighted by Gasteiger charge is 2.15. The first-order valence-electron chi connectivity index (χ1n) is 9.36. The second kappa shape index (κ2) is 10.3. The van der Waals surface area contributed by atoms with E-state index >= 15 is 0 Å². The number of thiophene rings is 1. The minimum atomic E-state index is -0.607. The number of fused-ring (bicyclic) bond motifs is 1. The van der Waals surface area contributed by atoms with Crippen molar-refractivity contribution in [2.24, 2.45) is 4.99 Å². The van der Waals surface area contributed by atoms with E-state index in [1.54, 1.807) is 18.4 Å². The Morgan fingerprint density at radius 3 is 2.61 bits per heavy atom. The summed E-state index contributed by atoms with van der Waals surface area (Å²) in [5.41, 5.74) is -0.496. The fourth-order valence-electron chi connectivity index (χ4n) is 2.48. The summed E-state index contributed by atoms with van der Waals surface area (Å²) in [7, 11) is 1.68. The molecule has 2 rings (SSSR count). The number of alkyl carbamates (subject to hydrolysis) is 1. The third kappa shape index (κ3) is 7.36. The summed E-state index contributed by atoms with van der Waals surface area (Å²) in [6, 6.07) is 10.1. The Morgan fingerprint density at radius 1 is 1.21 bits per heavy atom. The number of carbonyl (C=O) groups excluding carboxylic acids is 1. The van der Waals surface area contributed by atoms with Gasteiger partial charge in [0.05, 0.1) is 0 Å². The lowest BCUT2D eigenvalue weighted by atomic mass is 10.2. The van der Waals surface area contributed by atoms with Crippen LogP contribution in [0.15, 0.2) is 35.3 Å². The molecule has 0 saturated carbocycles. The van der Waals surface area contributed by atoms with Gasteiger partial charge in [0, 0.05) is 36.3 Å². The highest BCUT2D eigenvalue weighted by Crippen LogP contribution is 2.29. The Kier molecular flexibility index (Phi) is 8.07. The number of carbonyl (C=O) groups is 1. The SMILES string of the molecule is CN=C(NCCCNC(=O)OC(C)(C)C)NCC(O)c1cc2ccccc2s1. The maximum atomic E-state index is 11.6. The van der Waals surface area contributed by atoms with Crippen molar-refractivity contribution in [2.75, 3.05) is 26.7 Å². The second-order valence-electron chi connectivity index (χ2n) is 7.36. The van der Waals surface area contributed by atoms with Crippen molar-refractivity contribution in [1.29, 1.82) is 0 Å². The average Bonchev–Trinajstić information content (AvgIpc) is 3.06. The maximum absolute atomic E-state index is 11.6. The van der Waals surface area contributed by atoms with Gasteiger partial charge in [-0.05, 0) is 44.7 Å². The molecule has 0 aliphatic carbocycles. The summed E-state index contributed by atoms with van der Waals surface area (Å²) in [6.07, 6.45) is -0.301. The number of amides is 1. The number of nitrogens with zero attached hydrogens (tertiary/aromatic N) is 1. The number of ether oxygens (including phenoxy) is 1. The first-order valence-corrected chi connectivity index (χ1v) is 10.2. The molecule has 0 bridgehead atoms. The third-order valence-electron chi connectivity index (χ3n) is 3.77. The summed E-state index contributed by atoms with van der Waals surface area (Å²) in [5.74, 6) is 0.609. The number of hydrogen-bond donors (Lipinski definition) is 4. The molecule has 0 radical (unpaired) electrons. The Labute approximate surface area is 170 Å². The molecular weight excluding hydrogens is 376 g/mol. The number of nitrogens with one attached hydrogen (secondary N) is 3. The maximum Gasteiger partial charge on any atom is 0.407 e. The van der Waals surface area contributed by atoms with Crippen LogP contribution in [0, 0.1) is 0 Å². The number of guanidine groups is 1. The molecule has 8 heteroatoms. The van der Waals surface area contributed by atoms with Gasteiger partial charge in [-0.15, -0.1) is 11.3 Å². The molecule has 0 saturated heterocycles. The molecule has 0 aliphatic heterocycles. The number of benzene rings is 1. The second-order valence-corrected chi connectivity index (χ2v) is 8.48. The number of rotatable bonds is 7. The van der Waals surface area contributed by atoms with Crippen molar-refractivity contribution in [3.8, 4) is 0 Å². The van der Waals surface area contributed by atoms with Crippen LogP contribution in [0.4, 0.5) is 4.79 Å². The molecule has 1 aromatic heterocycles. The molecule has 1 aromatic carbocycles. The quantitative estimate of drug-likeness (QED) is 0.322. The predicted octanol–water partition coefficient (Wildman–Crippen LogP) is 3.01. The van der Waals surface area contributed by atoms with E-state index in [0.29, 0.717) is 25.6 Å². The van der Waals surface area contributed by atoms with Gasteiger partial charge in [0.15, 0.2) is 5.96 Å². The highest BCUT2D eigenvalue weighted by atomic mass is 32.1. The van der Waals surface area contributed by atoms with Crippen LogP contribution in [0.2, 0.25) is 0 Å². The fourth-order valence-corrected chi connectivity index (χ4v) is 3.53. The van der Waals surface area contributed by atoms with Crippen LogP contribution in [0.25, 0.3) is 10.1 Å². The molecular formula is C20H30N4O3S. The van der Waals surface area contributed by atoms with Gasteiger partial charge in [0.1, 0.15) is 11.7 Å². The van der Waals surface area contributed by atoms with Crippen LogP contribution in [0.3, 0.4) is 0 Å². The summed E-state index contributed by atoms with van der Waals surface area (Å²) in [4.78, 5) is 16.6. The predicted molar refractivity (Wildman–Crippen MR) is 115 cm³/mol. The molecule has 1 heterocycles. The van der Waals surface area contributed by atoms with E-state index in [9.17, 15) is 9.90 Å². The Morgan fingerprint density at radius 2 is 1.93 bits per heavy atom. The minimum absolute atomic E-state index is 0.364.